The van der Waals surface area contributed by atoms with Crippen LogP contribution in [-0.2, 0) is 0 Å². The van der Waals surface area contributed by atoms with Crippen LogP contribution in [0.2, 0.25) is 0 Å². The summed E-state index contributed by atoms with van der Waals surface area (Å²) in [4.78, 5) is 14.5. The summed E-state index contributed by atoms with van der Waals surface area (Å²) in [7, 11) is 0. The molecular weight excluding hydrogens is 266 g/mol. The Balaban J connectivity index is 1.79. The maximum atomic E-state index is 12.7. The van der Waals surface area contributed by atoms with Crippen molar-refractivity contribution in [3.8, 4) is 11.3 Å². The Hall–Kier alpha value is -2.14. The van der Waals surface area contributed by atoms with E-state index in [1.165, 1.54) is 0 Å². The van der Waals surface area contributed by atoms with Crippen LogP contribution >= 0.6 is 0 Å². The van der Waals surface area contributed by atoms with Crippen LogP contribution in [0.15, 0.2) is 36.5 Å². The zero-order valence-electron chi connectivity index (χ0n) is 11.8. The van der Waals surface area contributed by atoms with Crippen molar-refractivity contribution >= 4 is 5.91 Å². The van der Waals surface area contributed by atoms with Crippen LogP contribution in [0.4, 0.5) is 0 Å². The molecule has 2 aromatic rings. The SMILES string of the molecule is O=C(c1cn[nH]c1-c1ccccc1)N1CCC(CO)CC1. The smallest absolute Gasteiger partial charge is 0.257 e. The van der Waals surface area contributed by atoms with Gasteiger partial charge in [-0.3, -0.25) is 9.89 Å². The molecule has 2 heterocycles. The molecular formula is C16H19N3O2. The number of aromatic nitrogens is 2. The van der Waals surface area contributed by atoms with Gasteiger partial charge in [0.1, 0.15) is 0 Å². The molecule has 0 aliphatic carbocycles. The summed E-state index contributed by atoms with van der Waals surface area (Å²) in [6, 6.07) is 9.75. The van der Waals surface area contributed by atoms with Crippen LogP contribution in [0, 0.1) is 5.92 Å². The summed E-state index contributed by atoms with van der Waals surface area (Å²) in [6.07, 6.45) is 3.32. The molecule has 5 heteroatoms. The lowest BCUT2D eigenvalue weighted by atomic mass is 9.97. The van der Waals surface area contributed by atoms with Crippen molar-refractivity contribution < 1.29 is 9.90 Å². The second-order valence-corrected chi connectivity index (χ2v) is 5.44. The number of aromatic amines is 1. The minimum Gasteiger partial charge on any atom is -0.396 e. The van der Waals surface area contributed by atoms with E-state index in [1.54, 1.807) is 6.20 Å². The van der Waals surface area contributed by atoms with Crippen LogP contribution in [0.5, 0.6) is 0 Å². The molecule has 1 aromatic heterocycles. The number of piperidine rings is 1. The molecule has 0 atom stereocenters. The zero-order valence-corrected chi connectivity index (χ0v) is 11.8. The summed E-state index contributed by atoms with van der Waals surface area (Å²) >= 11 is 0. The van der Waals surface area contributed by atoms with Crippen molar-refractivity contribution in [2.24, 2.45) is 5.92 Å². The first-order valence-electron chi connectivity index (χ1n) is 7.28. The lowest BCUT2D eigenvalue weighted by molar-refractivity contribution is 0.0651. The number of H-pyrrole nitrogens is 1. The second kappa shape index (κ2) is 6.10. The van der Waals surface area contributed by atoms with Crippen LogP contribution < -0.4 is 0 Å². The van der Waals surface area contributed by atoms with E-state index < -0.39 is 0 Å². The molecule has 1 aliphatic rings. The molecule has 0 radical (unpaired) electrons. The number of nitrogens with zero attached hydrogens (tertiary/aromatic N) is 2. The first-order chi connectivity index (χ1) is 10.3. The molecule has 1 aliphatic heterocycles. The number of carbonyl (C=O) groups is 1. The third kappa shape index (κ3) is 2.83. The molecule has 110 valence electrons. The van der Waals surface area contributed by atoms with E-state index >= 15 is 0 Å². The number of aliphatic hydroxyl groups is 1. The minimum atomic E-state index is 0.0130. The van der Waals surface area contributed by atoms with E-state index in [9.17, 15) is 9.90 Å². The van der Waals surface area contributed by atoms with E-state index in [2.05, 4.69) is 10.2 Å². The molecule has 0 unspecified atom stereocenters. The fourth-order valence-corrected chi connectivity index (χ4v) is 2.76. The highest BCUT2D eigenvalue weighted by Gasteiger charge is 2.25. The average Bonchev–Trinajstić information content (AvgIpc) is 3.04. The average molecular weight is 285 g/mol. The number of amides is 1. The van der Waals surface area contributed by atoms with Gasteiger partial charge in [0.15, 0.2) is 0 Å². The summed E-state index contributed by atoms with van der Waals surface area (Å²) in [5, 5.41) is 16.1. The van der Waals surface area contributed by atoms with Gasteiger partial charge < -0.3 is 10.0 Å². The number of nitrogens with one attached hydrogen (secondary N) is 1. The summed E-state index contributed by atoms with van der Waals surface area (Å²) in [6.45, 7) is 1.61. The fourth-order valence-electron chi connectivity index (χ4n) is 2.76. The molecule has 0 bridgehead atoms. The molecule has 0 spiro atoms. The number of aliphatic hydroxyl groups excluding tert-OH is 1. The normalized spacial score (nSPS) is 16.1. The topological polar surface area (TPSA) is 69.2 Å². The van der Waals surface area contributed by atoms with Gasteiger partial charge in [0.05, 0.1) is 17.5 Å². The van der Waals surface area contributed by atoms with E-state index in [0.29, 0.717) is 24.6 Å². The van der Waals surface area contributed by atoms with Gasteiger partial charge in [0.25, 0.3) is 5.91 Å². The predicted molar refractivity (Wildman–Crippen MR) is 79.7 cm³/mol. The van der Waals surface area contributed by atoms with Crippen LogP contribution in [0.25, 0.3) is 11.3 Å². The lowest BCUT2D eigenvalue weighted by Gasteiger charge is -2.31. The van der Waals surface area contributed by atoms with Crippen molar-refractivity contribution in [1.29, 1.82) is 0 Å². The Morgan fingerprint density at radius 1 is 1.29 bits per heavy atom. The second-order valence-electron chi connectivity index (χ2n) is 5.44. The highest BCUT2D eigenvalue weighted by Crippen LogP contribution is 2.24. The maximum absolute atomic E-state index is 12.7. The van der Waals surface area contributed by atoms with Crippen molar-refractivity contribution in [3.63, 3.8) is 0 Å². The third-order valence-corrected chi connectivity index (χ3v) is 4.09. The summed E-state index contributed by atoms with van der Waals surface area (Å²) in [5.74, 6) is 0.339. The molecule has 1 amide bonds. The highest BCUT2D eigenvalue weighted by molar-refractivity contribution is 5.99. The van der Waals surface area contributed by atoms with Crippen molar-refractivity contribution in [3.05, 3.63) is 42.1 Å². The zero-order chi connectivity index (χ0) is 14.7. The Morgan fingerprint density at radius 3 is 2.67 bits per heavy atom. The molecule has 0 saturated carbocycles. The van der Waals surface area contributed by atoms with E-state index in [-0.39, 0.29) is 12.5 Å². The minimum absolute atomic E-state index is 0.0130. The lowest BCUT2D eigenvalue weighted by Crippen LogP contribution is -2.39. The maximum Gasteiger partial charge on any atom is 0.257 e. The van der Waals surface area contributed by atoms with Gasteiger partial charge in [-0.1, -0.05) is 30.3 Å². The molecule has 1 saturated heterocycles. The van der Waals surface area contributed by atoms with Crippen molar-refractivity contribution in [2.45, 2.75) is 12.8 Å². The molecule has 3 rings (SSSR count). The number of carbonyl (C=O) groups excluding carboxylic acids is 1. The van der Waals surface area contributed by atoms with E-state index in [0.717, 1.165) is 24.1 Å². The summed E-state index contributed by atoms with van der Waals surface area (Å²) < 4.78 is 0. The quantitative estimate of drug-likeness (QED) is 0.905. The van der Waals surface area contributed by atoms with E-state index in [1.807, 2.05) is 35.2 Å². The van der Waals surface area contributed by atoms with Crippen molar-refractivity contribution in [2.75, 3.05) is 19.7 Å². The highest BCUT2D eigenvalue weighted by atomic mass is 16.3. The van der Waals surface area contributed by atoms with Gasteiger partial charge in [-0.25, -0.2) is 0 Å². The first kappa shape index (κ1) is 13.8. The Morgan fingerprint density at radius 2 is 2.00 bits per heavy atom. The monoisotopic (exact) mass is 285 g/mol. The van der Waals surface area contributed by atoms with Crippen molar-refractivity contribution in [1.82, 2.24) is 15.1 Å². The molecule has 2 N–H and O–H groups in total. The van der Waals surface area contributed by atoms with Gasteiger partial charge >= 0.3 is 0 Å². The van der Waals surface area contributed by atoms with Gasteiger partial charge in [-0.15, -0.1) is 0 Å². The number of hydrogen-bond donors (Lipinski definition) is 2. The largest absolute Gasteiger partial charge is 0.396 e. The fraction of sp³-hybridized carbons (Fsp3) is 0.375. The molecule has 21 heavy (non-hydrogen) atoms. The first-order valence-corrected chi connectivity index (χ1v) is 7.28. The Bertz CT molecular complexity index is 601. The number of likely N-dealkylation sites (tertiary alicyclic amines) is 1. The number of benzene rings is 1. The van der Waals surface area contributed by atoms with E-state index in [4.69, 9.17) is 0 Å². The Kier molecular flexibility index (Phi) is 4.01. The molecule has 1 fully saturated rings. The van der Waals surface area contributed by atoms with Gasteiger partial charge in [0.2, 0.25) is 0 Å². The molecule has 1 aromatic carbocycles. The van der Waals surface area contributed by atoms with Gasteiger partial charge in [-0.05, 0) is 18.8 Å². The Labute approximate surface area is 123 Å². The predicted octanol–water partition coefficient (Wildman–Crippen LogP) is 1.92. The standard InChI is InChI=1S/C16H19N3O2/c20-11-12-6-8-19(9-7-12)16(21)14-10-17-18-15(14)13-4-2-1-3-5-13/h1-5,10,12,20H,6-9,11H2,(H,17,18). The van der Waals surface area contributed by atoms with Gasteiger partial charge in [0, 0.05) is 25.3 Å². The van der Waals surface area contributed by atoms with Crippen LogP contribution in [-0.4, -0.2) is 45.8 Å². The molecule has 5 nitrogen and oxygen atoms in total. The third-order valence-electron chi connectivity index (χ3n) is 4.09. The van der Waals surface area contributed by atoms with Crippen LogP contribution in [0.1, 0.15) is 23.2 Å². The number of rotatable bonds is 3. The number of hydrogen-bond acceptors (Lipinski definition) is 3. The van der Waals surface area contributed by atoms with Crippen LogP contribution in [0.3, 0.4) is 0 Å². The summed E-state index contributed by atoms with van der Waals surface area (Å²) in [5.41, 5.74) is 2.34. The van der Waals surface area contributed by atoms with Gasteiger partial charge in [-0.2, -0.15) is 5.10 Å².